The Bertz CT molecular complexity index is 925. The predicted octanol–water partition coefficient (Wildman–Crippen LogP) is 5.02. The molecular formula is C20H17BrN4O. The van der Waals surface area contributed by atoms with E-state index < -0.39 is 0 Å². The number of nitrogens with one attached hydrogen (secondary N) is 2. The lowest BCUT2D eigenvalue weighted by atomic mass is 10.1. The Kier molecular flexibility index (Phi) is 5.76. The summed E-state index contributed by atoms with van der Waals surface area (Å²) in [5.41, 5.74) is 2.76. The standard InChI is InChI=1S/C20H17BrN4O/c1-2-18(26)10-14-6-8-16(9-7-14)24-19-12-20(23-13-22-19)25-17-5-3-4-15(21)11-17/h2-9,11-13H,1,10H2,(H2,22,23,24,25). The number of halogens is 1. The SMILES string of the molecule is C=CC(=O)Cc1ccc(Nc2cc(Nc3cccc(Br)c3)ncn2)cc1. The van der Waals surface area contributed by atoms with Crippen LogP contribution in [0.1, 0.15) is 5.56 Å². The summed E-state index contributed by atoms with van der Waals surface area (Å²) in [6.45, 7) is 3.49. The van der Waals surface area contributed by atoms with Gasteiger partial charge >= 0.3 is 0 Å². The van der Waals surface area contributed by atoms with E-state index in [0.29, 0.717) is 18.1 Å². The van der Waals surface area contributed by atoms with Crippen LogP contribution in [0.4, 0.5) is 23.0 Å². The second-order valence-electron chi connectivity index (χ2n) is 5.59. The highest BCUT2D eigenvalue weighted by molar-refractivity contribution is 9.10. The molecule has 3 aromatic rings. The molecule has 0 saturated heterocycles. The summed E-state index contributed by atoms with van der Waals surface area (Å²) < 4.78 is 0.991. The fourth-order valence-electron chi connectivity index (χ4n) is 2.34. The minimum atomic E-state index is 0.00442. The monoisotopic (exact) mass is 408 g/mol. The van der Waals surface area contributed by atoms with E-state index in [1.807, 2.05) is 54.6 Å². The maximum Gasteiger partial charge on any atom is 0.159 e. The number of hydrogen-bond donors (Lipinski definition) is 2. The van der Waals surface area contributed by atoms with Crippen molar-refractivity contribution in [2.75, 3.05) is 10.6 Å². The highest BCUT2D eigenvalue weighted by atomic mass is 79.9. The number of allylic oxidation sites excluding steroid dienone is 1. The van der Waals surface area contributed by atoms with Gasteiger partial charge in [-0.25, -0.2) is 9.97 Å². The number of carbonyl (C=O) groups excluding carboxylic acids is 1. The highest BCUT2D eigenvalue weighted by Crippen LogP contribution is 2.22. The average Bonchev–Trinajstić information content (AvgIpc) is 2.63. The van der Waals surface area contributed by atoms with E-state index in [4.69, 9.17) is 0 Å². The van der Waals surface area contributed by atoms with Gasteiger partial charge in [0, 0.05) is 28.3 Å². The van der Waals surface area contributed by atoms with Gasteiger partial charge in [0.15, 0.2) is 5.78 Å². The molecule has 0 saturated carbocycles. The Morgan fingerprint density at radius 1 is 1.00 bits per heavy atom. The fraction of sp³-hybridized carbons (Fsp3) is 0.0500. The van der Waals surface area contributed by atoms with Crippen molar-refractivity contribution in [1.82, 2.24) is 9.97 Å². The molecule has 1 heterocycles. The average molecular weight is 409 g/mol. The van der Waals surface area contributed by atoms with E-state index in [1.165, 1.54) is 12.4 Å². The van der Waals surface area contributed by atoms with Crippen molar-refractivity contribution in [3.05, 3.63) is 83.6 Å². The van der Waals surface area contributed by atoms with Crippen LogP contribution in [0.3, 0.4) is 0 Å². The van der Waals surface area contributed by atoms with E-state index in [-0.39, 0.29) is 5.78 Å². The molecule has 5 nitrogen and oxygen atoms in total. The van der Waals surface area contributed by atoms with Crippen molar-refractivity contribution < 1.29 is 4.79 Å². The van der Waals surface area contributed by atoms with Crippen LogP contribution >= 0.6 is 15.9 Å². The van der Waals surface area contributed by atoms with Gasteiger partial charge in [-0.2, -0.15) is 0 Å². The lowest BCUT2D eigenvalue weighted by molar-refractivity contribution is -0.114. The third kappa shape index (κ3) is 5.00. The molecule has 130 valence electrons. The number of rotatable bonds is 7. The minimum absolute atomic E-state index is 0.00442. The number of anilines is 4. The smallest absolute Gasteiger partial charge is 0.159 e. The van der Waals surface area contributed by atoms with Crippen molar-refractivity contribution in [3.8, 4) is 0 Å². The first-order valence-corrected chi connectivity index (χ1v) is 8.77. The maximum absolute atomic E-state index is 11.4. The molecule has 0 aliphatic carbocycles. The Labute approximate surface area is 160 Å². The topological polar surface area (TPSA) is 66.9 Å². The molecule has 3 rings (SSSR count). The summed E-state index contributed by atoms with van der Waals surface area (Å²) in [6, 6.07) is 17.3. The van der Waals surface area contributed by atoms with Gasteiger partial charge in [0.25, 0.3) is 0 Å². The van der Waals surface area contributed by atoms with Gasteiger partial charge in [0.1, 0.15) is 18.0 Å². The molecule has 2 aromatic carbocycles. The van der Waals surface area contributed by atoms with Crippen molar-refractivity contribution in [1.29, 1.82) is 0 Å². The summed E-state index contributed by atoms with van der Waals surface area (Å²) >= 11 is 3.45. The van der Waals surface area contributed by atoms with Gasteiger partial charge < -0.3 is 10.6 Å². The zero-order valence-corrected chi connectivity index (χ0v) is 15.5. The summed E-state index contributed by atoms with van der Waals surface area (Å²) in [7, 11) is 0. The largest absolute Gasteiger partial charge is 0.340 e. The molecule has 0 aliphatic heterocycles. The van der Waals surface area contributed by atoms with Crippen LogP contribution in [0.5, 0.6) is 0 Å². The molecule has 6 heteroatoms. The number of aromatic nitrogens is 2. The zero-order valence-electron chi connectivity index (χ0n) is 13.9. The number of carbonyl (C=O) groups is 1. The van der Waals surface area contributed by atoms with Gasteiger partial charge in [0.05, 0.1) is 0 Å². The molecule has 0 fully saturated rings. The van der Waals surface area contributed by atoms with E-state index in [1.54, 1.807) is 0 Å². The second kappa shape index (κ2) is 8.40. The second-order valence-corrected chi connectivity index (χ2v) is 6.51. The van der Waals surface area contributed by atoms with E-state index in [9.17, 15) is 4.79 Å². The molecule has 0 unspecified atom stereocenters. The normalized spacial score (nSPS) is 10.2. The maximum atomic E-state index is 11.4. The summed E-state index contributed by atoms with van der Waals surface area (Å²) in [4.78, 5) is 19.9. The number of ketones is 1. The molecule has 0 spiro atoms. The van der Waals surface area contributed by atoms with Crippen LogP contribution in [-0.4, -0.2) is 15.8 Å². The first kappa shape index (κ1) is 17.8. The first-order valence-electron chi connectivity index (χ1n) is 7.98. The van der Waals surface area contributed by atoms with Crippen molar-refractivity contribution in [2.45, 2.75) is 6.42 Å². The molecule has 0 atom stereocenters. The number of nitrogens with zero attached hydrogens (tertiary/aromatic N) is 2. The summed E-state index contributed by atoms with van der Waals surface area (Å²) in [6.07, 6.45) is 3.20. The van der Waals surface area contributed by atoms with Crippen LogP contribution in [0.2, 0.25) is 0 Å². The molecule has 26 heavy (non-hydrogen) atoms. The van der Waals surface area contributed by atoms with Crippen LogP contribution in [0, 0.1) is 0 Å². The van der Waals surface area contributed by atoms with Crippen LogP contribution < -0.4 is 10.6 Å². The van der Waals surface area contributed by atoms with Crippen molar-refractivity contribution >= 4 is 44.7 Å². The summed E-state index contributed by atoms with van der Waals surface area (Å²) in [5.74, 6) is 1.37. The van der Waals surface area contributed by atoms with Crippen LogP contribution in [0.15, 0.2) is 78.1 Å². The molecule has 0 aliphatic rings. The van der Waals surface area contributed by atoms with E-state index >= 15 is 0 Å². The molecule has 1 aromatic heterocycles. The van der Waals surface area contributed by atoms with Gasteiger partial charge in [0.2, 0.25) is 0 Å². The third-order valence-corrected chi connectivity index (χ3v) is 4.09. The predicted molar refractivity (Wildman–Crippen MR) is 108 cm³/mol. The first-order chi connectivity index (χ1) is 12.6. The van der Waals surface area contributed by atoms with E-state index in [0.717, 1.165) is 21.4 Å². The van der Waals surface area contributed by atoms with Crippen molar-refractivity contribution in [2.24, 2.45) is 0 Å². The zero-order chi connectivity index (χ0) is 18.4. The van der Waals surface area contributed by atoms with Gasteiger partial charge in [-0.05, 0) is 42.0 Å². The molecular weight excluding hydrogens is 392 g/mol. The Morgan fingerprint density at radius 2 is 1.69 bits per heavy atom. The Balaban J connectivity index is 1.68. The molecule has 2 N–H and O–H groups in total. The van der Waals surface area contributed by atoms with Gasteiger partial charge in [-0.15, -0.1) is 0 Å². The molecule has 0 amide bonds. The lowest BCUT2D eigenvalue weighted by Crippen LogP contribution is -2.00. The summed E-state index contributed by atoms with van der Waals surface area (Å²) in [5, 5.41) is 6.47. The molecule has 0 bridgehead atoms. The van der Waals surface area contributed by atoms with E-state index in [2.05, 4.69) is 43.1 Å². The Hall–Kier alpha value is -2.99. The van der Waals surface area contributed by atoms with Crippen LogP contribution in [0.25, 0.3) is 0 Å². The lowest BCUT2D eigenvalue weighted by Gasteiger charge is -2.09. The Morgan fingerprint density at radius 3 is 2.35 bits per heavy atom. The highest BCUT2D eigenvalue weighted by Gasteiger charge is 2.03. The van der Waals surface area contributed by atoms with Crippen LogP contribution in [-0.2, 0) is 11.2 Å². The number of hydrogen-bond acceptors (Lipinski definition) is 5. The minimum Gasteiger partial charge on any atom is -0.340 e. The number of benzene rings is 2. The van der Waals surface area contributed by atoms with Gasteiger partial charge in [-0.1, -0.05) is 40.7 Å². The third-order valence-electron chi connectivity index (χ3n) is 3.60. The fourth-order valence-corrected chi connectivity index (χ4v) is 2.73. The molecule has 0 radical (unpaired) electrons. The van der Waals surface area contributed by atoms with Crippen molar-refractivity contribution in [3.63, 3.8) is 0 Å². The quantitative estimate of drug-likeness (QED) is 0.536. The van der Waals surface area contributed by atoms with Gasteiger partial charge in [-0.3, -0.25) is 4.79 Å².